The lowest BCUT2D eigenvalue weighted by Crippen LogP contribution is -2.71. The average molecular weight is 495 g/mol. The molecule has 2 N–H and O–H groups in total. The van der Waals surface area contributed by atoms with Crippen LogP contribution in [0.2, 0.25) is 0 Å². The summed E-state index contributed by atoms with van der Waals surface area (Å²) in [5.41, 5.74) is 1.04. The first kappa shape index (κ1) is 24.5. The average Bonchev–Trinajstić information content (AvgIpc) is 3.26. The Balaban J connectivity index is 1.72. The number of carbonyl (C=O) groups excluding carboxylic acids is 3. The standard InChI is InChI=1S/C20H22N4O7S2/c1-5-10-7-33-18-14(17(27)24(18)15(10)19(28)29)22-16(26)13(11-8-32-9-21-11)23-30-6-12(25)31-20(2,3)4/h5,8-9,14,18H,1,6-7H2,2-4H3,(H,22,26)(H,28,29)/b23-13-/t14?,18-/m1/s1. The zero-order valence-corrected chi connectivity index (χ0v) is 19.7. The number of aliphatic carboxylic acids is 1. The molecule has 1 aromatic heterocycles. The molecule has 3 rings (SSSR count). The van der Waals surface area contributed by atoms with Crippen molar-refractivity contribution in [3.63, 3.8) is 0 Å². The fourth-order valence-electron chi connectivity index (χ4n) is 3.06. The number of rotatable bonds is 8. The van der Waals surface area contributed by atoms with Gasteiger partial charge in [-0.25, -0.2) is 14.6 Å². The number of esters is 1. The van der Waals surface area contributed by atoms with E-state index in [4.69, 9.17) is 9.57 Å². The van der Waals surface area contributed by atoms with Crippen LogP contribution in [0.4, 0.5) is 0 Å². The van der Waals surface area contributed by atoms with Crippen molar-refractivity contribution >= 4 is 52.6 Å². The highest BCUT2D eigenvalue weighted by Crippen LogP contribution is 2.40. The Hall–Kier alpha value is -3.19. The smallest absolute Gasteiger partial charge is 0.352 e. The molecule has 0 radical (unpaired) electrons. The summed E-state index contributed by atoms with van der Waals surface area (Å²) >= 11 is 2.53. The summed E-state index contributed by atoms with van der Waals surface area (Å²) < 4.78 is 5.12. The summed E-state index contributed by atoms with van der Waals surface area (Å²) in [6, 6.07) is -0.960. The van der Waals surface area contributed by atoms with Gasteiger partial charge in [0.15, 0.2) is 5.71 Å². The number of nitrogens with zero attached hydrogens (tertiary/aromatic N) is 3. The summed E-state index contributed by atoms with van der Waals surface area (Å²) in [4.78, 5) is 59.2. The number of hydrogen-bond acceptors (Lipinski definition) is 10. The largest absolute Gasteiger partial charge is 0.477 e. The maximum atomic E-state index is 12.9. The van der Waals surface area contributed by atoms with E-state index in [1.807, 2.05) is 0 Å². The van der Waals surface area contributed by atoms with Crippen molar-refractivity contribution in [3.8, 4) is 0 Å². The number of carboxylic acids is 1. The number of nitrogens with one attached hydrogen (secondary N) is 1. The van der Waals surface area contributed by atoms with E-state index in [9.17, 15) is 24.3 Å². The van der Waals surface area contributed by atoms with Gasteiger partial charge in [-0.3, -0.25) is 14.5 Å². The first-order valence-corrected chi connectivity index (χ1v) is 11.7. The summed E-state index contributed by atoms with van der Waals surface area (Å²) in [6.45, 7) is 8.18. The van der Waals surface area contributed by atoms with Crippen LogP contribution >= 0.6 is 23.1 Å². The zero-order valence-electron chi connectivity index (χ0n) is 18.1. The molecule has 13 heteroatoms. The number of carbonyl (C=O) groups is 4. The van der Waals surface area contributed by atoms with Crippen LogP contribution in [0.25, 0.3) is 0 Å². The third kappa shape index (κ3) is 5.42. The van der Waals surface area contributed by atoms with E-state index < -0.39 is 47.4 Å². The summed E-state index contributed by atoms with van der Waals surface area (Å²) in [6.07, 6.45) is 1.40. The van der Waals surface area contributed by atoms with Gasteiger partial charge < -0.3 is 20.0 Å². The van der Waals surface area contributed by atoms with Crippen LogP contribution in [-0.2, 0) is 28.8 Å². The quantitative estimate of drug-likeness (QED) is 0.235. The van der Waals surface area contributed by atoms with E-state index in [0.29, 0.717) is 11.3 Å². The van der Waals surface area contributed by atoms with Crippen LogP contribution in [0.3, 0.4) is 0 Å². The lowest BCUT2D eigenvalue weighted by molar-refractivity contribution is -0.160. The van der Waals surface area contributed by atoms with Crippen LogP contribution in [-0.4, -0.2) is 73.8 Å². The normalized spacial score (nSPS) is 20.5. The molecule has 11 nitrogen and oxygen atoms in total. The second-order valence-corrected chi connectivity index (χ2v) is 9.74. The van der Waals surface area contributed by atoms with Crippen molar-refractivity contribution in [2.24, 2.45) is 5.16 Å². The highest BCUT2D eigenvalue weighted by Gasteiger charge is 2.54. The van der Waals surface area contributed by atoms with Crippen LogP contribution in [0.5, 0.6) is 0 Å². The SMILES string of the molecule is C=CC1=C(C(=O)O)N2C(=O)C(NC(=O)/C(=N\OCC(=O)OC(C)(C)C)c3cscn3)[C@H]2SC1. The molecule has 0 aliphatic carbocycles. The van der Waals surface area contributed by atoms with E-state index >= 15 is 0 Å². The Kier molecular flexibility index (Phi) is 7.22. The lowest BCUT2D eigenvalue weighted by atomic mass is 10.0. The van der Waals surface area contributed by atoms with Gasteiger partial charge in [0, 0.05) is 11.1 Å². The van der Waals surface area contributed by atoms with Crippen molar-refractivity contribution in [1.29, 1.82) is 0 Å². The third-order valence-electron chi connectivity index (χ3n) is 4.38. The van der Waals surface area contributed by atoms with Crippen LogP contribution in [0.15, 0.2) is 40.0 Å². The van der Waals surface area contributed by atoms with Gasteiger partial charge in [-0.05, 0) is 26.3 Å². The maximum Gasteiger partial charge on any atom is 0.352 e. The van der Waals surface area contributed by atoms with Crippen molar-refractivity contribution in [2.75, 3.05) is 12.4 Å². The van der Waals surface area contributed by atoms with E-state index in [0.717, 1.165) is 4.90 Å². The molecule has 2 aliphatic heterocycles. The van der Waals surface area contributed by atoms with Crippen molar-refractivity contribution in [3.05, 3.63) is 40.5 Å². The summed E-state index contributed by atoms with van der Waals surface area (Å²) in [7, 11) is 0. The molecule has 1 unspecified atom stereocenters. The number of oxime groups is 1. The van der Waals surface area contributed by atoms with Crippen molar-refractivity contribution in [1.82, 2.24) is 15.2 Å². The highest BCUT2D eigenvalue weighted by molar-refractivity contribution is 8.00. The Morgan fingerprint density at radius 1 is 1.42 bits per heavy atom. The van der Waals surface area contributed by atoms with Crippen LogP contribution < -0.4 is 5.32 Å². The lowest BCUT2D eigenvalue weighted by Gasteiger charge is -2.49. The maximum absolute atomic E-state index is 12.9. The number of thioether (sulfide) groups is 1. The number of thiazole rings is 1. The number of fused-ring (bicyclic) bond motifs is 1. The molecule has 0 spiro atoms. The molecule has 1 saturated heterocycles. The van der Waals surface area contributed by atoms with Crippen LogP contribution in [0, 0.1) is 0 Å². The molecular formula is C20H22N4O7S2. The molecule has 1 fully saturated rings. The minimum absolute atomic E-state index is 0.140. The summed E-state index contributed by atoms with van der Waals surface area (Å²) in [5.74, 6) is -2.89. The minimum Gasteiger partial charge on any atom is -0.477 e. The van der Waals surface area contributed by atoms with Crippen LogP contribution in [0.1, 0.15) is 26.5 Å². The molecule has 0 saturated carbocycles. The van der Waals surface area contributed by atoms with Crippen molar-refractivity contribution in [2.45, 2.75) is 37.8 Å². The third-order valence-corrected chi connectivity index (χ3v) is 6.27. The molecule has 2 aliphatic rings. The van der Waals surface area contributed by atoms with Gasteiger partial charge in [-0.1, -0.05) is 17.8 Å². The monoisotopic (exact) mass is 494 g/mol. The second kappa shape index (κ2) is 9.75. The zero-order chi connectivity index (χ0) is 24.3. The molecule has 0 aromatic carbocycles. The minimum atomic E-state index is -1.24. The topological polar surface area (TPSA) is 147 Å². The Morgan fingerprint density at radius 2 is 2.15 bits per heavy atom. The van der Waals surface area contributed by atoms with E-state index in [-0.39, 0.29) is 17.1 Å². The van der Waals surface area contributed by atoms with Gasteiger partial charge in [0.1, 0.15) is 28.4 Å². The molecule has 2 atom stereocenters. The second-order valence-electron chi connectivity index (χ2n) is 7.92. The van der Waals surface area contributed by atoms with Gasteiger partial charge in [-0.15, -0.1) is 23.1 Å². The van der Waals surface area contributed by atoms with Gasteiger partial charge >= 0.3 is 11.9 Å². The number of β-lactam (4-membered cyclic amide) rings is 1. The van der Waals surface area contributed by atoms with E-state index in [2.05, 4.69) is 22.0 Å². The van der Waals surface area contributed by atoms with E-state index in [1.54, 1.807) is 26.2 Å². The molecule has 176 valence electrons. The summed E-state index contributed by atoms with van der Waals surface area (Å²) in [5, 5.41) is 16.8. The number of hydrogen-bond donors (Lipinski definition) is 2. The predicted molar refractivity (Wildman–Crippen MR) is 120 cm³/mol. The van der Waals surface area contributed by atoms with Crippen molar-refractivity contribution < 1.29 is 33.9 Å². The number of aromatic nitrogens is 1. The molecular weight excluding hydrogens is 472 g/mol. The number of carboxylic acid groups (broad SMARTS) is 1. The van der Waals surface area contributed by atoms with Gasteiger partial charge in [0.25, 0.3) is 11.8 Å². The van der Waals surface area contributed by atoms with E-state index in [1.165, 1.54) is 34.7 Å². The van der Waals surface area contributed by atoms with Gasteiger partial charge in [0.05, 0.1) is 5.51 Å². The molecule has 0 bridgehead atoms. The number of allylic oxidation sites excluding steroid dienone is 1. The predicted octanol–water partition coefficient (Wildman–Crippen LogP) is 1.13. The molecule has 33 heavy (non-hydrogen) atoms. The highest BCUT2D eigenvalue weighted by atomic mass is 32.2. The fraction of sp³-hybridized carbons (Fsp3) is 0.400. The first-order valence-electron chi connectivity index (χ1n) is 9.68. The Morgan fingerprint density at radius 3 is 2.73 bits per heavy atom. The molecule has 3 heterocycles. The molecule has 1 aromatic rings. The Bertz CT molecular complexity index is 1040. The first-order chi connectivity index (χ1) is 15.5. The van der Waals surface area contributed by atoms with Gasteiger partial charge in [-0.2, -0.15) is 0 Å². The van der Waals surface area contributed by atoms with Gasteiger partial charge in [0.2, 0.25) is 6.61 Å². The Labute approximate surface area is 197 Å². The number of ether oxygens (including phenoxy) is 1. The molecule has 2 amide bonds. The fourth-order valence-corrected chi connectivity index (χ4v) is 4.94. The number of amides is 2.